The van der Waals surface area contributed by atoms with E-state index in [2.05, 4.69) is 10.4 Å². The van der Waals surface area contributed by atoms with Gasteiger partial charge in [0.2, 0.25) is 0 Å². The molecule has 0 amide bonds. The van der Waals surface area contributed by atoms with Gasteiger partial charge in [-0.25, -0.2) is 8.78 Å². The molecule has 0 spiro atoms. The maximum atomic E-state index is 13.8. The van der Waals surface area contributed by atoms with Gasteiger partial charge in [-0.3, -0.25) is 4.68 Å². The molecule has 1 aromatic carbocycles. The van der Waals surface area contributed by atoms with Crippen LogP contribution in [0.1, 0.15) is 17.3 Å². The molecule has 0 aliphatic carbocycles. The molecule has 2 aromatic rings. The summed E-state index contributed by atoms with van der Waals surface area (Å²) in [7, 11) is 5.09. The number of halogens is 2. The average molecular weight is 281 g/mol. The predicted molar refractivity (Wildman–Crippen MR) is 71.6 cm³/mol. The van der Waals surface area contributed by atoms with Crippen LogP contribution in [0.3, 0.4) is 0 Å². The summed E-state index contributed by atoms with van der Waals surface area (Å²) >= 11 is 0. The summed E-state index contributed by atoms with van der Waals surface area (Å²) in [5.74, 6) is -1.04. The molecular formula is C14H17F2N3O. The highest BCUT2D eigenvalue weighted by Gasteiger charge is 2.21. The molecule has 0 aliphatic heterocycles. The van der Waals surface area contributed by atoms with Crippen LogP contribution in [0.2, 0.25) is 0 Å². The van der Waals surface area contributed by atoms with E-state index in [1.54, 1.807) is 38.2 Å². The van der Waals surface area contributed by atoms with Gasteiger partial charge in [0.05, 0.1) is 25.0 Å². The summed E-state index contributed by atoms with van der Waals surface area (Å²) in [4.78, 5) is 0. The first kappa shape index (κ1) is 14.5. The minimum absolute atomic E-state index is 0.228. The zero-order valence-corrected chi connectivity index (χ0v) is 11.7. The summed E-state index contributed by atoms with van der Waals surface area (Å²) in [5.41, 5.74) is 1.10. The lowest BCUT2D eigenvalue weighted by atomic mass is 10.0. The van der Waals surface area contributed by atoms with E-state index in [-0.39, 0.29) is 6.04 Å². The molecule has 1 atom stereocenters. The summed E-state index contributed by atoms with van der Waals surface area (Å²) in [6, 6.07) is 3.96. The third kappa shape index (κ3) is 2.65. The zero-order chi connectivity index (χ0) is 14.7. The summed E-state index contributed by atoms with van der Waals surface area (Å²) in [5, 5.41) is 7.21. The number of aryl methyl sites for hydroxylation is 1. The van der Waals surface area contributed by atoms with Crippen molar-refractivity contribution in [2.45, 2.75) is 12.5 Å². The molecule has 6 heteroatoms. The van der Waals surface area contributed by atoms with E-state index in [4.69, 9.17) is 4.74 Å². The van der Waals surface area contributed by atoms with Crippen molar-refractivity contribution in [3.05, 3.63) is 47.3 Å². The second-order valence-corrected chi connectivity index (χ2v) is 4.48. The number of nitrogens with zero attached hydrogens (tertiary/aromatic N) is 2. The fourth-order valence-corrected chi connectivity index (χ4v) is 2.24. The molecule has 0 saturated heterocycles. The van der Waals surface area contributed by atoms with E-state index in [1.165, 1.54) is 6.07 Å². The fourth-order valence-electron chi connectivity index (χ4n) is 2.24. The Bertz CT molecular complexity index is 598. The van der Waals surface area contributed by atoms with Crippen molar-refractivity contribution in [3.63, 3.8) is 0 Å². The van der Waals surface area contributed by atoms with Crippen LogP contribution in [0.15, 0.2) is 24.4 Å². The van der Waals surface area contributed by atoms with Crippen molar-refractivity contribution < 1.29 is 13.5 Å². The van der Waals surface area contributed by atoms with Crippen LogP contribution in [0.5, 0.6) is 5.75 Å². The molecule has 1 aromatic heterocycles. The minimum Gasteiger partial charge on any atom is -0.493 e. The van der Waals surface area contributed by atoms with Crippen molar-refractivity contribution in [2.75, 3.05) is 14.2 Å². The highest BCUT2D eigenvalue weighted by Crippen LogP contribution is 2.27. The van der Waals surface area contributed by atoms with Crippen molar-refractivity contribution in [1.82, 2.24) is 15.1 Å². The number of rotatable bonds is 5. The standard InChI is InChI=1S/C14H17F2N3O/c1-17-11(14-12(20-3)8-18-19(14)2)7-9-5-4-6-10(15)13(9)16/h4-6,8,11,17H,7H2,1-3H3. The van der Waals surface area contributed by atoms with E-state index in [0.29, 0.717) is 17.7 Å². The second kappa shape index (κ2) is 6.00. The van der Waals surface area contributed by atoms with Crippen molar-refractivity contribution in [2.24, 2.45) is 7.05 Å². The van der Waals surface area contributed by atoms with Crippen LogP contribution in [0.4, 0.5) is 8.78 Å². The predicted octanol–water partition coefficient (Wildman–Crippen LogP) is 2.21. The van der Waals surface area contributed by atoms with Gasteiger partial charge in [-0.05, 0) is 25.1 Å². The number of ether oxygens (including phenoxy) is 1. The molecule has 1 N–H and O–H groups in total. The van der Waals surface area contributed by atoms with Gasteiger partial charge in [0, 0.05) is 7.05 Å². The van der Waals surface area contributed by atoms with Gasteiger partial charge in [-0.2, -0.15) is 5.10 Å². The van der Waals surface area contributed by atoms with E-state index >= 15 is 0 Å². The summed E-state index contributed by atoms with van der Waals surface area (Å²) in [6.07, 6.45) is 1.90. The highest BCUT2D eigenvalue weighted by molar-refractivity contribution is 5.30. The molecule has 0 fully saturated rings. The monoisotopic (exact) mass is 281 g/mol. The molecule has 0 radical (unpaired) electrons. The smallest absolute Gasteiger partial charge is 0.162 e. The van der Waals surface area contributed by atoms with E-state index in [0.717, 1.165) is 11.8 Å². The number of hydrogen-bond donors (Lipinski definition) is 1. The quantitative estimate of drug-likeness (QED) is 0.913. The van der Waals surface area contributed by atoms with Gasteiger partial charge in [-0.15, -0.1) is 0 Å². The zero-order valence-electron chi connectivity index (χ0n) is 11.7. The average Bonchev–Trinajstić information content (AvgIpc) is 2.82. The number of likely N-dealkylation sites (N-methyl/N-ethyl adjacent to an activating group) is 1. The minimum atomic E-state index is -0.839. The number of aromatic nitrogens is 2. The SMILES string of the molecule is CNC(Cc1cccc(F)c1F)c1c(OC)cnn1C. The molecule has 1 heterocycles. The molecule has 0 bridgehead atoms. The third-order valence-electron chi connectivity index (χ3n) is 3.30. The van der Waals surface area contributed by atoms with Crippen LogP contribution >= 0.6 is 0 Å². The normalized spacial score (nSPS) is 12.4. The van der Waals surface area contributed by atoms with Crippen LogP contribution < -0.4 is 10.1 Å². The molecule has 1 unspecified atom stereocenters. The van der Waals surface area contributed by atoms with Crippen LogP contribution in [-0.2, 0) is 13.5 Å². The van der Waals surface area contributed by atoms with Crippen molar-refractivity contribution in [3.8, 4) is 5.75 Å². The number of hydrogen-bond acceptors (Lipinski definition) is 3. The van der Waals surface area contributed by atoms with Gasteiger partial charge in [0.25, 0.3) is 0 Å². The molecule has 2 rings (SSSR count). The van der Waals surface area contributed by atoms with Crippen LogP contribution in [-0.4, -0.2) is 23.9 Å². The Morgan fingerprint density at radius 1 is 1.40 bits per heavy atom. The Kier molecular flexibility index (Phi) is 4.34. The van der Waals surface area contributed by atoms with Crippen LogP contribution in [0.25, 0.3) is 0 Å². The largest absolute Gasteiger partial charge is 0.493 e. The molecular weight excluding hydrogens is 264 g/mol. The summed E-state index contributed by atoms with van der Waals surface area (Å²) in [6.45, 7) is 0. The van der Waals surface area contributed by atoms with Gasteiger partial charge < -0.3 is 10.1 Å². The third-order valence-corrected chi connectivity index (χ3v) is 3.30. The molecule has 20 heavy (non-hydrogen) atoms. The maximum absolute atomic E-state index is 13.8. The maximum Gasteiger partial charge on any atom is 0.162 e. The van der Waals surface area contributed by atoms with E-state index < -0.39 is 11.6 Å². The number of benzene rings is 1. The number of methoxy groups -OCH3 is 1. The van der Waals surface area contributed by atoms with Gasteiger partial charge in [0.15, 0.2) is 17.4 Å². The lowest BCUT2D eigenvalue weighted by molar-refractivity contribution is 0.395. The van der Waals surface area contributed by atoms with Crippen molar-refractivity contribution in [1.29, 1.82) is 0 Å². The fraction of sp³-hybridized carbons (Fsp3) is 0.357. The first-order valence-electron chi connectivity index (χ1n) is 6.24. The van der Waals surface area contributed by atoms with Gasteiger partial charge in [0.1, 0.15) is 0 Å². The molecule has 108 valence electrons. The first-order valence-corrected chi connectivity index (χ1v) is 6.24. The lowest BCUT2D eigenvalue weighted by Crippen LogP contribution is -2.23. The van der Waals surface area contributed by atoms with Crippen molar-refractivity contribution >= 4 is 0 Å². The Balaban J connectivity index is 2.34. The van der Waals surface area contributed by atoms with E-state index in [9.17, 15) is 8.78 Å². The van der Waals surface area contributed by atoms with Crippen LogP contribution in [0, 0.1) is 11.6 Å². The summed E-state index contributed by atoms with van der Waals surface area (Å²) < 4.78 is 33.9. The first-order chi connectivity index (χ1) is 9.58. The second-order valence-electron chi connectivity index (χ2n) is 4.48. The lowest BCUT2D eigenvalue weighted by Gasteiger charge is -2.18. The molecule has 0 aliphatic rings. The van der Waals surface area contributed by atoms with E-state index in [1.807, 2.05) is 0 Å². The Hall–Kier alpha value is -1.95. The Labute approximate surface area is 116 Å². The Morgan fingerprint density at radius 2 is 2.15 bits per heavy atom. The topological polar surface area (TPSA) is 39.1 Å². The molecule has 0 saturated carbocycles. The van der Waals surface area contributed by atoms with Gasteiger partial charge >= 0.3 is 0 Å². The molecule has 4 nitrogen and oxygen atoms in total. The number of nitrogens with one attached hydrogen (secondary N) is 1. The Morgan fingerprint density at radius 3 is 2.80 bits per heavy atom. The highest BCUT2D eigenvalue weighted by atomic mass is 19.2. The van der Waals surface area contributed by atoms with Gasteiger partial charge in [-0.1, -0.05) is 12.1 Å².